The van der Waals surface area contributed by atoms with Gasteiger partial charge in [-0.15, -0.1) is 0 Å². The van der Waals surface area contributed by atoms with Crippen molar-refractivity contribution in [2.45, 2.75) is 26.2 Å². The molecule has 1 N–H and O–H groups in total. The van der Waals surface area contributed by atoms with Crippen molar-refractivity contribution in [3.8, 4) is 5.75 Å². The molecule has 2 aromatic rings. The minimum absolute atomic E-state index is 0.164. The van der Waals surface area contributed by atoms with Crippen molar-refractivity contribution in [3.63, 3.8) is 0 Å². The van der Waals surface area contributed by atoms with Crippen LogP contribution in [0.15, 0.2) is 18.5 Å². The van der Waals surface area contributed by atoms with E-state index in [1.54, 1.807) is 23.0 Å². The molecule has 0 aliphatic heterocycles. The summed E-state index contributed by atoms with van der Waals surface area (Å²) in [6.45, 7) is 6.04. The second kappa shape index (κ2) is 2.70. The van der Waals surface area contributed by atoms with Gasteiger partial charge < -0.3 is 5.11 Å². The Morgan fingerprint density at radius 2 is 2.07 bits per heavy atom. The first kappa shape index (κ1) is 8.99. The Balaban J connectivity index is 2.71. The quantitative estimate of drug-likeness (QED) is 0.690. The van der Waals surface area contributed by atoms with Crippen LogP contribution in [0, 0.1) is 0 Å². The van der Waals surface area contributed by atoms with Crippen molar-refractivity contribution < 1.29 is 5.11 Å². The lowest BCUT2D eigenvalue weighted by atomic mass is 9.91. The summed E-state index contributed by atoms with van der Waals surface area (Å²) >= 11 is 0. The number of hydrogen-bond acceptors (Lipinski definition) is 3. The largest absolute Gasteiger partial charge is 0.506 e. The number of aromatic hydroxyl groups is 1. The predicted octanol–water partition coefficient (Wildman–Crippen LogP) is 1.73. The minimum atomic E-state index is -0.164. The molecule has 2 rings (SSSR count). The van der Waals surface area contributed by atoms with E-state index in [9.17, 15) is 5.11 Å². The van der Waals surface area contributed by atoms with Crippen LogP contribution < -0.4 is 0 Å². The lowest BCUT2D eigenvalue weighted by Gasteiger charge is -2.18. The molecule has 4 nitrogen and oxygen atoms in total. The Morgan fingerprint density at radius 3 is 2.71 bits per heavy atom. The molecule has 0 radical (unpaired) electrons. The monoisotopic (exact) mass is 191 g/mol. The normalized spacial score (nSPS) is 12.2. The topological polar surface area (TPSA) is 50.4 Å². The number of nitrogens with zero attached hydrogens (tertiary/aromatic N) is 3. The third-order valence-electron chi connectivity index (χ3n) is 2.08. The molecule has 0 aliphatic rings. The second-order valence-electron chi connectivity index (χ2n) is 4.36. The van der Waals surface area contributed by atoms with Crippen molar-refractivity contribution in [2.24, 2.45) is 0 Å². The SMILES string of the molecule is CC(C)(C)c1nn2ccnc2cc1O. The fraction of sp³-hybridized carbons (Fsp3) is 0.400. The van der Waals surface area contributed by atoms with E-state index in [0.717, 1.165) is 0 Å². The van der Waals surface area contributed by atoms with Gasteiger partial charge in [0.15, 0.2) is 5.65 Å². The molecule has 0 spiro atoms. The molecule has 0 bridgehead atoms. The summed E-state index contributed by atoms with van der Waals surface area (Å²) in [7, 11) is 0. The summed E-state index contributed by atoms with van der Waals surface area (Å²) in [5.41, 5.74) is 1.18. The van der Waals surface area contributed by atoms with E-state index in [1.165, 1.54) is 0 Å². The van der Waals surface area contributed by atoms with E-state index >= 15 is 0 Å². The van der Waals surface area contributed by atoms with Crippen LogP contribution in [0.4, 0.5) is 0 Å². The molecule has 0 fully saturated rings. The molecule has 0 unspecified atom stereocenters. The van der Waals surface area contributed by atoms with Gasteiger partial charge in [0.2, 0.25) is 0 Å². The average Bonchev–Trinajstić information content (AvgIpc) is 2.47. The fourth-order valence-corrected chi connectivity index (χ4v) is 1.38. The van der Waals surface area contributed by atoms with Crippen molar-refractivity contribution in [2.75, 3.05) is 0 Å². The van der Waals surface area contributed by atoms with Gasteiger partial charge in [0.1, 0.15) is 11.4 Å². The lowest BCUT2D eigenvalue weighted by molar-refractivity contribution is 0.432. The van der Waals surface area contributed by atoms with Crippen LogP contribution in [-0.4, -0.2) is 19.7 Å². The molecule has 2 heterocycles. The Hall–Kier alpha value is -1.58. The van der Waals surface area contributed by atoms with Crippen molar-refractivity contribution >= 4 is 5.65 Å². The van der Waals surface area contributed by atoms with Crippen molar-refractivity contribution in [1.82, 2.24) is 14.6 Å². The molecular formula is C10H13N3O. The summed E-state index contributed by atoms with van der Waals surface area (Å²) in [6, 6.07) is 1.63. The fourth-order valence-electron chi connectivity index (χ4n) is 1.38. The smallest absolute Gasteiger partial charge is 0.157 e. The molecule has 0 aliphatic carbocycles. The van der Waals surface area contributed by atoms with Crippen LogP contribution in [-0.2, 0) is 5.41 Å². The van der Waals surface area contributed by atoms with Crippen molar-refractivity contribution in [3.05, 3.63) is 24.2 Å². The Morgan fingerprint density at radius 1 is 1.36 bits per heavy atom. The average molecular weight is 191 g/mol. The van der Waals surface area contributed by atoms with Gasteiger partial charge >= 0.3 is 0 Å². The highest BCUT2D eigenvalue weighted by Crippen LogP contribution is 2.28. The molecule has 2 aromatic heterocycles. The number of fused-ring (bicyclic) bond motifs is 1. The number of imidazole rings is 1. The first-order valence-corrected chi connectivity index (χ1v) is 4.52. The van der Waals surface area contributed by atoms with Crippen LogP contribution in [0.5, 0.6) is 5.75 Å². The van der Waals surface area contributed by atoms with Crippen LogP contribution >= 0.6 is 0 Å². The van der Waals surface area contributed by atoms with Crippen LogP contribution in [0.25, 0.3) is 5.65 Å². The Kier molecular flexibility index (Phi) is 1.74. The zero-order valence-corrected chi connectivity index (χ0v) is 8.52. The number of hydrogen-bond donors (Lipinski definition) is 1. The van der Waals surface area contributed by atoms with E-state index in [2.05, 4.69) is 10.1 Å². The highest BCUT2D eigenvalue weighted by atomic mass is 16.3. The van der Waals surface area contributed by atoms with Gasteiger partial charge in [-0.05, 0) is 0 Å². The first-order chi connectivity index (χ1) is 6.48. The number of aromatic nitrogens is 3. The third-order valence-corrected chi connectivity index (χ3v) is 2.08. The summed E-state index contributed by atoms with van der Waals surface area (Å²) < 4.78 is 1.67. The van der Waals surface area contributed by atoms with E-state index < -0.39 is 0 Å². The van der Waals surface area contributed by atoms with Gasteiger partial charge in [-0.2, -0.15) is 5.10 Å². The third kappa shape index (κ3) is 1.32. The van der Waals surface area contributed by atoms with Gasteiger partial charge in [0, 0.05) is 23.9 Å². The second-order valence-corrected chi connectivity index (χ2v) is 4.36. The highest BCUT2D eigenvalue weighted by Gasteiger charge is 2.21. The van der Waals surface area contributed by atoms with Crippen LogP contribution in [0.1, 0.15) is 26.5 Å². The van der Waals surface area contributed by atoms with Gasteiger partial charge in [-0.1, -0.05) is 20.8 Å². The molecule has 0 saturated carbocycles. The molecule has 0 atom stereocenters. The standard InChI is InChI=1S/C10H13N3O/c1-10(2,3)9-7(14)6-8-11-4-5-13(8)12-9/h4-6,14H,1-3H3. The number of rotatable bonds is 0. The molecule has 14 heavy (non-hydrogen) atoms. The molecular weight excluding hydrogens is 178 g/mol. The minimum Gasteiger partial charge on any atom is -0.506 e. The summed E-state index contributed by atoms with van der Waals surface area (Å²) in [5, 5.41) is 14.1. The Bertz CT molecular complexity index is 468. The highest BCUT2D eigenvalue weighted by molar-refractivity contribution is 5.45. The van der Waals surface area contributed by atoms with E-state index in [4.69, 9.17) is 0 Å². The zero-order valence-electron chi connectivity index (χ0n) is 8.52. The van der Waals surface area contributed by atoms with E-state index in [-0.39, 0.29) is 11.2 Å². The first-order valence-electron chi connectivity index (χ1n) is 4.52. The predicted molar refractivity (Wildman–Crippen MR) is 53.4 cm³/mol. The van der Waals surface area contributed by atoms with E-state index in [0.29, 0.717) is 11.3 Å². The van der Waals surface area contributed by atoms with E-state index in [1.807, 2.05) is 20.8 Å². The molecule has 0 aromatic carbocycles. The molecule has 74 valence electrons. The maximum atomic E-state index is 9.75. The van der Waals surface area contributed by atoms with Gasteiger partial charge in [0.05, 0.1) is 0 Å². The van der Waals surface area contributed by atoms with Crippen LogP contribution in [0.2, 0.25) is 0 Å². The Labute approximate surface area is 82.2 Å². The maximum absolute atomic E-state index is 9.75. The molecule has 0 amide bonds. The van der Waals surface area contributed by atoms with Crippen molar-refractivity contribution in [1.29, 1.82) is 0 Å². The van der Waals surface area contributed by atoms with Gasteiger partial charge in [0.25, 0.3) is 0 Å². The molecule has 4 heteroatoms. The summed E-state index contributed by atoms with van der Waals surface area (Å²) in [4.78, 5) is 4.04. The summed E-state index contributed by atoms with van der Waals surface area (Å²) in [6.07, 6.45) is 3.43. The maximum Gasteiger partial charge on any atom is 0.157 e. The van der Waals surface area contributed by atoms with Crippen LogP contribution in [0.3, 0.4) is 0 Å². The van der Waals surface area contributed by atoms with Gasteiger partial charge in [-0.25, -0.2) is 9.50 Å². The summed E-state index contributed by atoms with van der Waals surface area (Å²) in [5.74, 6) is 0.205. The molecule has 0 saturated heterocycles. The lowest BCUT2D eigenvalue weighted by Crippen LogP contribution is -2.15. The zero-order chi connectivity index (χ0) is 10.3. The van der Waals surface area contributed by atoms with Gasteiger partial charge in [-0.3, -0.25) is 0 Å².